The molecule has 0 atom stereocenters. The number of nitrogens with one attached hydrogen (secondary N) is 1. The summed E-state index contributed by atoms with van der Waals surface area (Å²) in [4.78, 5) is 29.4. The zero-order chi connectivity index (χ0) is 16.7. The number of carbonyl (C=O) groups is 2. The monoisotopic (exact) mass is 320 g/mol. The van der Waals surface area contributed by atoms with Gasteiger partial charge < -0.3 is 15.8 Å². The molecule has 0 spiro atoms. The maximum atomic E-state index is 12.1. The van der Waals surface area contributed by atoms with E-state index in [0.717, 1.165) is 31.5 Å². The summed E-state index contributed by atoms with van der Waals surface area (Å²) in [5.74, 6) is 0.207. The molecule has 0 bridgehead atoms. The third-order valence-corrected chi connectivity index (χ3v) is 3.96. The Morgan fingerprint density at radius 2 is 2.17 bits per heavy atom. The fraction of sp³-hybridized carbons (Fsp3) is 0.562. The lowest BCUT2D eigenvalue weighted by atomic mass is 9.96. The lowest BCUT2D eigenvalue weighted by Crippen LogP contribution is -2.43. The van der Waals surface area contributed by atoms with E-state index in [0.29, 0.717) is 25.6 Å². The molecule has 2 amide bonds. The highest BCUT2D eigenvalue weighted by Gasteiger charge is 2.24. The first-order chi connectivity index (χ1) is 11.1. The molecule has 23 heavy (non-hydrogen) atoms. The van der Waals surface area contributed by atoms with Gasteiger partial charge in [-0.3, -0.25) is 14.5 Å². The van der Waals surface area contributed by atoms with Crippen LogP contribution in [0.15, 0.2) is 18.3 Å². The number of nitrogens with two attached hydrogens (primary N) is 1. The van der Waals surface area contributed by atoms with Crippen LogP contribution in [-0.4, -0.2) is 47.9 Å². The van der Waals surface area contributed by atoms with Gasteiger partial charge >= 0.3 is 0 Å². The predicted molar refractivity (Wildman–Crippen MR) is 85.6 cm³/mol. The van der Waals surface area contributed by atoms with E-state index in [2.05, 4.69) is 10.3 Å². The van der Waals surface area contributed by atoms with E-state index in [9.17, 15) is 9.59 Å². The Bertz CT molecular complexity index is 542. The maximum Gasteiger partial charge on any atom is 0.234 e. The van der Waals surface area contributed by atoms with Gasteiger partial charge in [-0.25, -0.2) is 4.98 Å². The van der Waals surface area contributed by atoms with Crippen molar-refractivity contribution in [3.05, 3.63) is 23.9 Å². The number of primary amides is 1. The number of amides is 2. The Morgan fingerprint density at radius 3 is 2.83 bits per heavy atom. The van der Waals surface area contributed by atoms with E-state index in [4.69, 9.17) is 10.5 Å². The second-order valence-electron chi connectivity index (χ2n) is 5.63. The van der Waals surface area contributed by atoms with E-state index < -0.39 is 0 Å². The van der Waals surface area contributed by atoms with Crippen LogP contribution in [0, 0.1) is 5.92 Å². The molecule has 126 valence electrons. The third kappa shape index (κ3) is 5.21. The molecule has 7 nitrogen and oxygen atoms in total. The van der Waals surface area contributed by atoms with Crippen molar-refractivity contribution < 1.29 is 14.3 Å². The van der Waals surface area contributed by atoms with Crippen LogP contribution in [0.25, 0.3) is 0 Å². The average molecular weight is 320 g/mol. The molecule has 2 rings (SSSR count). The largest absolute Gasteiger partial charge is 0.478 e. The molecule has 1 fully saturated rings. The highest BCUT2D eigenvalue weighted by atomic mass is 16.5. The average Bonchev–Trinajstić information content (AvgIpc) is 2.55. The first kappa shape index (κ1) is 17.2. The smallest absolute Gasteiger partial charge is 0.234 e. The molecule has 0 aromatic carbocycles. The van der Waals surface area contributed by atoms with Crippen LogP contribution in [-0.2, 0) is 16.1 Å². The zero-order valence-electron chi connectivity index (χ0n) is 13.5. The number of rotatable bonds is 7. The lowest BCUT2D eigenvalue weighted by Gasteiger charge is -2.29. The SMILES string of the molecule is CCOc1ncccc1CNC(=O)CN1CCC(C(N)=O)CC1. The van der Waals surface area contributed by atoms with Crippen LogP contribution in [0.3, 0.4) is 0 Å². The summed E-state index contributed by atoms with van der Waals surface area (Å²) >= 11 is 0. The molecule has 1 aliphatic heterocycles. The standard InChI is InChI=1S/C16H24N4O3/c1-2-23-16-13(4-3-7-18-16)10-19-14(21)11-20-8-5-12(6-9-20)15(17)22/h3-4,7,12H,2,5-6,8-11H2,1H3,(H2,17,22)(H,19,21). The Kier molecular flexibility index (Phi) is 6.34. The van der Waals surface area contributed by atoms with Gasteiger partial charge in [0.2, 0.25) is 17.7 Å². The number of ether oxygens (including phenoxy) is 1. The van der Waals surface area contributed by atoms with Crippen molar-refractivity contribution in [1.29, 1.82) is 0 Å². The fourth-order valence-electron chi connectivity index (χ4n) is 2.65. The van der Waals surface area contributed by atoms with Crippen molar-refractivity contribution in [3.63, 3.8) is 0 Å². The molecular weight excluding hydrogens is 296 g/mol. The van der Waals surface area contributed by atoms with Crippen LogP contribution in [0.4, 0.5) is 0 Å². The first-order valence-electron chi connectivity index (χ1n) is 7.95. The van der Waals surface area contributed by atoms with Gasteiger partial charge in [0.05, 0.1) is 13.2 Å². The van der Waals surface area contributed by atoms with E-state index >= 15 is 0 Å². The minimum absolute atomic E-state index is 0.0474. The van der Waals surface area contributed by atoms with Gasteiger partial charge in [-0.1, -0.05) is 6.07 Å². The van der Waals surface area contributed by atoms with Crippen LogP contribution in [0.2, 0.25) is 0 Å². The van der Waals surface area contributed by atoms with Gasteiger partial charge in [0, 0.05) is 24.2 Å². The number of nitrogens with zero attached hydrogens (tertiary/aromatic N) is 2. The van der Waals surface area contributed by atoms with Gasteiger partial charge in [0.1, 0.15) is 0 Å². The summed E-state index contributed by atoms with van der Waals surface area (Å²) in [5.41, 5.74) is 6.17. The number of pyridine rings is 1. The highest BCUT2D eigenvalue weighted by molar-refractivity contribution is 5.78. The van der Waals surface area contributed by atoms with Crippen molar-refractivity contribution >= 4 is 11.8 Å². The van der Waals surface area contributed by atoms with Crippen LogP contribution in [0.5, 0.6) is 5.88 Å². The molecule has 7 heteroatoms. The molecule has 3 N–H and O–H groups in total. The molecule has 0 saturated carbocycles. The summed E-state index contributed by atoms with van der Waals surface area (Å²) in [6.07, 6.45) is 3.11. The number of aromatic nitrogens is 1. The quantitative estimate of drug-likeness (QED) is 0.753. The number of hydrogen-bond acceptors (Lipinski definition) is 5. The Morgan fingerprint density at radius 1 is 1.43 bits per heavy atom. The summed E-state index contributed by atoms with van der Waals surface area (Å²) in [6.45, 7) is 4.59. The van der Waals surface area contributed by atoms with E-state index in [-0.39, 0.29) is 17.7 Å². The summed E-state index contributed by atoms with van der Waals surface area (Å²) in [5, 5.41) is 2.89. The second kappa shape index (κ2) is 8.47. The van der Waals surface area contributed by atoms with Gasteiger partial charge in [0.25, 0.3) is 0 Å². The van der Waals surface area contributed by atoms with Crippen molar-refractivity contribution in [2.24, 2.45) is 11.7 Å². The van der Waals surface area contributed by atoms with Gasteiger partial charge in [-0.15, -0.1) is 0 Å². The van der Waals surface area contributed by atoms with Gasteiger partial charge in [-0.2, -0.15) is 0 Å². The number of hydrogen-bond donors (Lipinski definition) is 2. The Labute approximate surface area is 136 Å². The van der Waals surface area contributed by atoms with E-state index in [1.807, 2.05) is 24.0 Å². The number of likely N-dealkylation sites (tertiary alicyclic amines) is 1. The molecule has 1 aromatic rings. The number of carbonyl (C=O) groups excluding carboxylic acids is 2. The summed E-state index contributed by atoms with van der Waals surface area (Å²) < 4.78 is 5.44. The Balaban J connectivity index is 1.77. The first-order valence-corrected chi connectivity index (χ1v) is 7.95. The number of piperidine rings is 1. The molecule has 0 radical (unpaired) electrons. The minimum Gasteiger partial charge on any atom is -0.478 e. The molecule has 1 aliphatic rings. The predicted octanol–water partition coefficient (Wildman–Crippen LogP) is 0.294. The molecular formula is C16H24N4O3. The fourth-order valence-corrected chi connectivity index (χ4v) is 2.65. The van der Waals surface area contributed by atoms with Crippen LogP contribution >= 0.6 is 0 Å². The molecule has 1 saturated heterocycles. The minimum atomic E-state index is -0.242. The summed E-state index contributed by atoms with van der Waals surface area (Å²) in [6, 6.07) is 3.70. The molecule has 2 heterocycles. The van der Waals surface area contributed by atoms with Crippen molar-refractivity contribution in [3.8, 4) is 5.88 Å². The van der Waals surface area contributed by atoms with Crippen LogP contribution in [0.1, 0.15) is 25.3 Å². The topological polar surface area (TPSA) is 97.6 Å². The van der Waals surface area contributed by atoms with Gasteiger partial charge in [0.15, 0.2) is 0 Å². The molecule has 1 aromatic heterocycles. The third-order valence-electron chi connectivity index (χ3n) is 3.96. The lowest BCUT2D eigenvalue weighted by molar-refractivity contribution is -0.124. The maximum absolute atomic E-state index is 12.1. The molecule has 0 aliphatic carbocycles. The Hall–Kier alpha value is -2.15. The van der Waals surface area contributed by atoms with Crippen molar-refractivity contribution in [2.75, 3.05) is 26.2 Å². The highest BCUT2D eigenvalue weighted by Crippen LogP contribution is 2.16. The molecule has 0 unspecified atom stereocenters. The van der Waals surface area contributed by atoms with Gasteiger partial charge in [-0.05, 0) is 38.9 Å². The second-order valence-corrected chi connectivity index (χ2v) is 5.63. The van der Waals surface area contributed by atoms with Crippen molar-refractivity contribution in [1.82, 2.24) is 15.2 Å². The van der Waals surface area contributed by atoms with Crippen LogP contribution < -0.4 is 15.8 Å². The normalized spacial score (nSPS) is 16.0. The summed E-state index contributed by atoms with van der Waals surface area (Å²) in [7, 11) is 0. The van der Waals surface area contributed by atoms with Crippen molar-refractivity contribution in [2.45, 2.75) is 26.3 Å². The van der Waals surface area contributed by atoms with E-state index in [1.54, 1.807) is 6.20 Å². The zero-order valence-corrected chi connectivity index (χ0v) is 13.5. The van der Waals surface area contributed by atoms with E-state index in [1.165, 1.54) is 0 Å².